The molecule has 1 fully saturated rings. The summed E-state index contributed by atoms with van der Waals surface area (Å²) in [6.07, 6.45) is 4.32. The highest BCUT2D eigenvalue weighted by molar-refractivity contribution is 5.80. The average Bonchev–Trinajstić information content (AvgIpc) is 2.75. The maximum Gasteiger partial charge on any atom is 0.310 e. The van der Waals surface area contributed by atoms with Gasteiger partial charge in [0, 0.05) is 24.0 Å². The standard InChI is InChI=1S/C15H17NO3/c17-14(18)15(6-3-7-15)10-16-8-11-9-19-13-5-2-1-4-12(11)13/h1-2,4-5,9,16H,3,6-8,10H2,(H,17,18). The molecular formula is C15H17NO3. The number of rotatable bonds is 5. The lowest BCUT2D eigenvalue weighted by Gasteiger charge is -2.37. The number of furan rings is 1. The van der Waals surface area contributed by atoms with Crippen LogP contribution >= 0.6 is 0 Å². The number of hydrogen-bond acceptors (Lipinski definition) is 3. The summed E-state index contributed by atoms with van der Waals surface area (Å²) in [5.74, 6) is -0.677. The van der Waals surface area contributed by atoms with Crippen LogP contribution in [0.25, 0.3) is 11.0 Å². The van der Waals surface area contributed by atoms with Crippen molar-refractivity contribution in [3.8, 4) is 0 Å². The first-order chi connectivity index (χ1) is 9.21. The van der Waals surface area contributed by atoms with E-state index < -0.39 is 11.4 Å². The Hall–Kier alpha value is -1.81. The molecular weight excluding hydrogens is 242 g/mol. The van der Waals surface area contributed by atoms with Gasteiger partial charge in [0.2, 0.25) is 0 Å². The number of benzene rings is 1. The fourth-order valence-corrected chi connectivity index (χ4v) is 2.68. The molecule has 0 amide bonds. The number of aliphatic carboxylic acids is 1. The number of carboxylic acids is 1. The molecule has 3 rings (SSSR count). The van der Waals surface area contributed by atoms with Gasteiger partial charge in [-0.15, -0.1) is 0 Å². The summed E-state index contributed by atoms with van der Waals surface area (Å²) in [6, 6.07) is 7.87. The molecule has 0 bridgehead atoms. The fourth-order valence-electron chi connectivity index (χ4n) is 2.68. The lowest BCUT2D eigenvalue weighted by molar-refractivity contribution is -0.154. The maximum absolute atomic E-state index is 11.2. The first-order valence-corrected chi connectivity index (χ1v) is 6.60. The zero-order valence-corrected chi connectivity index (χ0v) is 10.7. The summed E-state index contributed by atoms with van der Waals surface area (Å²) >= 11 is 0. The van der Waals surface area contributed by atoms with Crippen molar-refractivity contribution in [2.45, 2.75) is 25.8 Å². The number of hydrogen-bond donors (Lipinski definition) is 2. The Morgan fingerprint density at radius 3 is 2.84 bits per heavy atom. The Bertz CT molecular complexity index is 598. The third-order valence-electron chi connectivity index (χ3n) is 4.10. The second-order valence-corrected chi connectivity index (χ2v) is 5.30. The van der Waals surface area contributed by atoms with E-state index in [-0.39, 0.29) is 0 Å². The van der Waals surface area contributed by atoms with Crippen LogP contribution < -0.4 is 5.32 Å². The van der Waals surface area contributed by atoms with Gasteiger partial charge in [-0.1, -0.05) is 24.6 Å². The second kappa shape index (κ2) is 4.70. The minimum atomic E-state index is -0.677. The Labute approximate surface area is 111 Å². The van der Waals surface area contributed by atoms with Gasteiger partial charge in [-0.2, -0.15) is 0 Å². The summed E-state index contributed by atoms with van der Waals surface area (Å²) in [4.78, 5) is 11.2. The number of carboxylic acid groups (broad SMARTS) is 1. The third-order valence-corrected chi connectivity index (χ3v) is 4.10. The average molecular weight is 259 g/mol. The lowest BCUT2D eigenvalue weighted by atomic mass is 9.69. The zero-order chi connectivity index (χ0) is 13.3. The molecule has 1 heterocycles. The fraction of sp³-hybridized carbons (Fsp3) is 0.400. The molecule has 2 N–H and O–H groups in total. The normalized spacial score (nSPS) is 17.3. The molecule has 0 aliphatic heterocycles. The molecule has 100 valence electrons. The molecule has 1 aliphatic carbocycles. The van der Waals surface area contributed by atoms with E-state index in [1.165, 1.54) is 0 Å². The van der Waals surface area contributed by atoms with Crippen LogP contribution in [0.3, 0.4) is 0 Å². The Kier molecular flexibility index (Phi) is 3.03. The minimum Gasteiger partial charge on any atom is -0.481 e. The molecule has 1 aromatic carbocycles. The predicted molar refractivity (Wildman–Crippen MR) is 71.8 cm³/mol. The second-order valence-electron chi connectivity index (χ2n) is 5.30. The summed E-state index contributed by atoms with van der Waals surface area (Å²) < 4.78 is 5.46. The van der Waals surface area contributed by atoms with Crippen LogP contribution in [0, 0.1) is 5.41 Å². The zero-order valence-electron chi connectivity index (χ0n) is 10.7. The van der Waals surface area contributed by atoms with Gasteiger partial charge in [0.05, 0.1) is 11.7 Å². The van der Waals surface area contributed by atoms with Gasteiger partial charge in [0.15, 0.2) is 0 Å². The van der Waals surface area contributed by atoms with Gasteiger partial charge in [0.1, 0.15) is 5.58 Å². The van der Waals surface area contributed by atoms with Crippen molar-refractivity contribution in [2.75, 3.05) is 6.54 Å². The van der Waals surface area contributed by atoms with Crippen molar-refractivity contribution < 1.29 is 14.3 Å². The smallest absolute Gasteiger partial charge is 0.310 e. The van der Waals surface area contributed by atoms with Gasteiger partial charge in [-0.3, -0.25) is 4.79 Å². The number of para-hydroxylation sites is 1. The van der Waals surface area contributed by atoms with E-state index in [2.05, 4.69) is 5.32 Å². The molecule has 1 saturated carbocycles. The third kappa shape index (κ3) is 2.12. The number of fused-ring (bicyclic) bond motifs is 1. The molecule has 0 spiro atoms. The van der Waals surface area contributed by atoms with Crippen LogP contribution in [0.4, 0.5) is 0 Å². The highest BCUT2D eigenvalue weighted by Gasteiger charge is 2.43. The van der Waals surface area contributed by atoms with Crippen molar-refractivity contribution in [1.82, 2.24) is 5.32 Å². The van der Waals surface area contributed by atoms with Gasteiger partial charge in [0.25, 0.3) is 0 Å². The number of carbonyl (C=O) groups is 1. The largest absolute Gasteiger partial charge is 0.481 e. The molecule has 2 aromatic rings. The Morgan fingerprint density at radius 2 is 2.16 bits per heavy atom. The van der Waals surface area contributed by atoms with E-state index >= 15 is 0 Å². The topological polar surface area (TPSA) is 62.5 Å². The molecule has 0 saturated heterocycles. The SMILES string of the molecule is O=C(O)C1(CNCc2coc3ccccc23)CCC1. The maximum atomic E-state index is 11.2. The molecule has 0 unspecified atom stereocenters. The highest BCUT2D eigenvalue weighted by atomic mass is 16.4. The van der Waals surface area contributed by atoms with Crippen LogP contribution in [0.1, 0.15) is 24.8 Å². The van der Waals surface area contributed by atoms with Crippen molar-refractivity contribution in [2.24, 2.45) is 5.41 Å². The molecule has 19 heavy (non-hydrogen) atoms. The van der Waals surface area contributed by atoms with Crippen LogP contribution in [0.15, 0.2) is 34.9 Å². The molecule has 4 heteroatoms. The summed E-state index contributed by atoms with van der Waals surface area (Å²) in [5, 5.41) is 13.6. The van der Waals surface area contributed by atoms with E-state index in [1.54, 1.807) is 6.26 Å². The molecule has 0 atom stereocenters. The monoisotopic (exact) mass is 259 g/mol. The highest BCUT2D eigenvalue weighted by Crippen LogP contribution is 2.40. The van der Waals surface area contributed by atoms with Crippen LogP contribution in [0.5, 0.6) is 0 Å². The van der Waals surface area contributed by atoms with Crippen molar-refractivity contribution in [3.05, 3.63) is 36.1 Å². The van der Waals surface area contributed by atoms with Crippen LogP contribution in [-0.2, 0) is 11.3 Å². The first-order valence-electron chi connectivity index (χ1n) is 6.60. The minimum absolute atomic E-state index is 0.530. The summed E-state index contributed by atoms with van der Waals surface area (Å²) in [7, 11) is 0. The van der Waals surface area contributed by atoms with Gasteiger partial charge in [-0.05, 0) is 18.9 Å². The van der Waals surface area contributed by atoms with E-state index in [0.29, 0.717) is 13.1 Å². The van der Waals surface area contributed by atoms with Crippen molar-refractivity contribution in [1.29, 1.82) is 0 Å². The summed E-state index contributed by atoms with van der Waals surface area (Å²) in [6.45, 7) is 1.17. The predicted octanol–water partition coefficient (Wildman–Crippen LogP) is 2.78. The van der Waals surface area contributed by atoms with E-state index in [4.69, 9.17) is 4.42 Å². The van der Waals surface area contributed by atoms with E-state index in [1.807, 2.05) is 24.3 Å². The van der Waals surface area contributed by atoms with E-state index in [9.17, 15) is 9.90 Å². The Morgan fingerprint density at radius 1 is 1.37 bits per heavy atom. The van der Waals surface area contributed by atoms with Crippen molar-refractivity contribution >= 4 is 16.9 Å². The van der Waals surface area contributed by atoms with Gasteiger partial charge < -0.3 is 14.8 Å². The van der Waals surface area contributed by atoms with E-state index in [0.717, 1.165) is 35.8 Å². The van der Waals surface area contributed by atoms with Crippen molar-refractivity contribution in [3.63, 3.8) is 0 Å². The molecule has 0 radical (unpaired) electrons. The van der Waals surface area contributed by atoms with Crippen LogP contribution in [-0.4, -0.2) is 17.6 Å². The Balaban J connectivity index is 1.65. The molecule has 1 aromatic heterocycles. The molecule has 1 aliphatic rings. The molecule has 4 nitrogen and oxygen atoms in total. The quantitative estimate of drug-likeness (QED) is 0.866. The van der Waals surface area contributed by atoms with Gasteiger partial charge in [-0.25, -0.2) is 0 Å². The van der Waals surface area contributed by atoms with Gasteiger partial charge >= 0.3 is 5.97 Å². The van der Waals surface area contributed by atoms with Crippen LogP contribution in [0.2, 0.25) is 0 Å². The summed E-state index contributed by atoms with van der Waals surface area (Å²) in [5.41, 5.74) is 1.41. The first kappa shape index (κ1) is 12.2. The lowest BCUT2D eigenvalue weighted by Crippen LogP contribution is -2.45. The number of nitrogens with one attached hydrogen (secondary N) is 1.